The van der Waals surface area contributed by atoms with Crippen LogP contribution < -0.4 is 21.1 Å². The van der Waals surface area contributed by atoms with E-state index in [-0.39, 0.29) is 34.6 Å². The quantitative estimate of drug-likeness (QED) is 0.0621. The number of amides is 1. The summed E-state index contributed by atoms with van der Waals surface area (Å²) in [6, 6.07) is 8.84. The van der Waals surface area contributed by atoms with Gasteiger partial charge in [-0.3, -0.25) is 9.59 Å². The van der Waals surface area contributed by atoms with E-state index < -0.39 is 18.1 Å². The van der Waals surface area contributed by atoms with Gasteiger partial charge in [0.15, 0.2) is 0 Å². The molecule has 0 radical (unpaired) electrons. The molecule has 1 aliphatic rings. The van der Waals surface area contributed by atoms with E-state index in [0.29, 0.717) is 33.8 Å². The van der Waals surface area contributed by atoms with Gasteiger partial charge in [-0.15, -0.1) is 0 Å². The van der Waals surface area contributed by atoms with Crippen molar-refractivity contribution in [2.24, 2.45) is 11.8 Å². The number of ketones is 1. The molecule has 1 heterocycles. The molecule has 2 aromatic carbocycles. The van der Waals surface area contributed by atoms with Gasteiger partial charge in [-0.2, -0.15) is 0 Å². The summed E-state index contributed by atoms with van der Waals surface area (Å²) < 4.78 is 0. The number of nitrogens with one attached hydrogen (secondary N) is 3. The fourth-order valence-electron chi connectivity index (χ4n) is 6.08. The largest absolute Gasteiger partial charge is 0.481 e. The predicted molar refractivity (Wildman–Crippen MR) is 209 cm³/mol. The van der Waals surface area contributed by atoms with Crippen molar-refractivity contribution in [3.63, 3.8) is 0 Å². The molecule has 4 N–H and O–H groups in total. The van der Waals surface area contributed by atoms with Crippen LogP contribution in [-0.4, -0.2) is 35.5 Å². The maximum absolute atomic E-state index is 12.8. The Kier molecular flexibility index (Phi) is 18.8. The van der Waals surface area contributed by atoms with E-state index in [1.54, 1.807) is 12.1 Å². The third-order valence-corrected chi connectivity index (χ3v) is 9.98. The molecule has 1 fully saturated rings. The van der Waals surface area contributed by atoms with E-state index in [0.717, 1.165) is 50.8 Å². The SMILES string of the molecule is CC(=O)CC(CCCCCCCCCC=CCCCCC(C)CNc1ccc(Cl)c(NC2CC(=O)N(c3c(Cl)cc(Cl)cc3Cl)N2)c1)C(=O)O. The number of hydrazine groups is 1. The zero-order valence-corrected chi connectivity index (χ0v) is 32.2. The number of carboxylic acids is 1. The molecule has 8 nitrogen and oxygen atoms in total. The molecule has 1 aliphatic heterocycles. The topological polar surface area (TPSA) is 111 Å². The van der Waals surface area contributed by atoms with Crippen LogP contribution in [0.5, 0.6) is 0 Å². The highest BCUT2D eigenvalue weighted by molar-refractivity contribution is 6.42. The molecule has 3 rings (SSSR count). The van der Waals surface area contributed by atoms with Crippen LogP contribution in [0.3, 0.4) is 0 Å². The molecular formula is C38H52Cl4N4O4. The molecule has 0 bridgehead atoms. The van der Waals surface area contributed by atoms with Gasteiger partial charge in [0.2, 0.25) is 5.91 Å². The summed E-state index contributed by atoms with van der Waals surface area (Å²) in [5, 5.41) is 18.9. The standard InChI is InChI=1S/C38H52Cl4N4O4/c1-26(16-14-12-10-8-6-4-3-5-7-9-11-13-15-17-28(38(49)50)20-27(2)47)25-43-30-18-19-31(40)34(23-30)44-35-24-36(48)46(45-35)37-32(41)21-29(39)22-33(37)42/h6,8,18-19,21-23,26,28,35,43-45H,3-5,7,9-17,20,24-25H2,1-2H3,(H,49,50). The average molecular weight is 771 g/mol. The van der Waals surface area contributed by atoms with Crippen LogP contribution in [0, 0.1) is 11.8 Å². The summed E-state index contributed by atoms with van der Waals surface area (Å²) in [6.45, 7) is 4.57. The smallest absolute Gasteiger partial charge is 0.306 e. The Balaban J connectivity index is 1.24. The summed E-state index contributed by atoms with van der Waals surface area (Å²) in [4.78, 5) is 35.2. The van der Waals surface area contributed by atoms with E-state index in [1.807, 2.05) is 18.2 Å². The van der Waals surface area contributed by atoms with E-state index in [2.05, 4.69) is 35.1 Å². The lowest BCUT2D eigenvalue weighted by Gasteiger charge is -2.22. The number of carboxylic acid groups (broad SMARTS) is 1. The van der Waals surface area contributed by atoms with E-state index in [4.69, 9.17) is 46.4 Å². The minimum Gasteiger partial charge on any atom is -0.481 e. The molecule has 12 heteroatoms. The predicted octanol–water partition coefficient (Wildman–Crippen LogP) is 11.3. The molecule has 1 saturated heterocycles. The third-order valence-electron chi connectivity index (χ3n) is 8.86. The molecule has 3 unspecified atom stereocenters. The van der Waals surface area contributed by atoms with Crippen molar-refractivity contribution in [2.75, 3.05) is 22.2 Å². The Morgan fingerprint density at radius 1 is 0.900 bits per heavy atom. The highest BCUT2D eigenvalue weighted by Crippen LogP contribution is 2.38. The number of benzene rings is 2. The monoisotopic (exact) mass is 768 g/mol. The van der Waals surface area contributed by atoms with E-state index in [1.165, 1.54) is 50.5 Å². The first kappa shape index (κ1) is 41.9. The summed E-state index contributed by atoms with van der Waals surface area (Å²) in [7, 11) is 0. The van der Waals surface area contributed by atoms with Crippen molar-refractivity contribution in [3.05, 3.63) is 62.6 Å². The number of nitrogens with zero attached hydrogens (tertiary/aromatic N) is 1. The molecular weight excluding hydrogens is 718 g/mol. The van der Waals surface area contributed by atoms with Gasteiger partial charge in [0, 0.05) is 23.7 Å². The maximum atomic E-state index is 12.8. The van der Waals surface area contributed by atoms with Crippen molar-refractivity contribution in [3.8, 4) is 0 Å². The number of unbranched alkanes of at least 4 members (excludes halogenated alkanes) is 9. The Morgan fingerprint density at radius 2 is 1.50 bits per heavy atom. The Hall–Kier alpha value is -2.49. The molecule has 1 amide bonds. The van der Waals surface area contributed by atoms with Crippen LogP contribution in [-0.2, 0) is 14.4 Å². The fourth-order valence-corrected chi connectivity index (χ4v) is 7.23. The zero-order chi connectivity index (χ0) is 36.5. The number of carbonyl (C=O) groups is 3. The van der Waals surface area contributed by atoms with Crippen LogP contribution in [0.2, 0.25) is 20.1 Å². The number of Topliss-reactive ketones (excluding diaryl/α,β-unsaturated/α-hetero) is 1. The first-order chi connectivity index (χ1) is 23.9. The Morgan fingerprint density at radius 3 is 2.14 bits per heavy atom. The highest BCUT2D eigenvalue weighted by Gasteiger charge is 2.33. The lowest BCUT2D eigenvalue weighted by Crippen LogP contribution is -2.41. The minimum atomic E-state index is -0.850. The minimum absolute atomic E-state index is 0.0486. The van der Waals surface area contributed by atoms with Gasteiger partial charge in [0.1, 0.15) is 11.9 Å². The second-order valence-corrected chi connectivity index (χ2v) is 15.1. The first-order valence-corrected chi connectivity index (χ1v) is 19.4. The molecule has 3 atom stereocenters. The number of hydrogen-bond donors (Lipinski definition) is 4. The van der Waals surface area contributed by atoms with E-state index >= 15 is 0 Å². The number of anilines is 3. The molecule has 0 spiro atoms. The van der Waals surface area contributed by atoms with Crippen molar-refractivity contribution in [2.45, 2.75) is 116 Å². The van der Waals surface area contributed by atoms with E-state index in [9.17, 15) is 19.5 Å². The molecule has 50 heavy (non-hydrogen) atoms. The van der Waals surface area contributed by atoms with Gasteiger partial charge in [0.05, 0.1) is 38.8 Å². The second kappa shape index (κ2) is 22.4. The third kappa shape index (κ3) is 15.0. The van der Waals surface area contributed by atoms with Crippen LogP contribution in [0.4, 0.5) is 17.1 Å². The molecule has 0 saturated carbocycles. The highest BCUT2D eigenvalue weighted by atomic mass is 35.5. The summed E-state index contributed by atoms with van der Waals surface area (Å²) >= 11 is 25.2. The zero-order valence-electron chi connectivity index (χ0n) is 29.2. The van der Waals surface area contributed by atoms with Crippen LogP contribution in [0.15, 0.2) is 42.5 Å². The number of allylic oxidation sites excluding steroid dienone is 2. The van der Waals surface area contributed by atoms with Gasteiger partial charge in [-0.25, -0.2) is 10.4 Å². The van der Waals surface area contributed by atoms with Crippen molar-refractivity contribution in [1.29, 1.82) is 0 Å². The Bertz CT molecular complexity index is 1420. The van der Waals surface area contributed by atoms with Gasteiger partial charge in [0.25, 0.3) is 0 Å². The maximum Gasteiger partial charge on any atom is 0.306 e. The molecule has 0 aromatic heterocycles. The Labute approximate surface area is 317 Å². The summed E-state index contributed by atoms with van der Waals surface area (Å²) in [5.41, 5.74) is 5.16. The fraction of sp³-hybridized carbons (Fsp3) is 0.553. The number of carbonyl (C=O) groups excluding carboxylic acids is 2. The first-order valence-electron chi connectivity index (χ1n) is 17.9. The number of rotatable bonds is 24. The van der Waals surface area contributed by atoms with Crippen molar-refractivity contribution >= 4 is 81.1 Å². The van der Waals surface area contributed by atoms with Crippen LogP contribution >= 0.6 is 46.4 Å². The summed E-state index contributed by atoms with van der Waals surface area (Å²) in [6.07, 6.45) is 18.8. The second-order valence-electron chi connectivity index (χ2n) is 13.4. The van der Waals surface area contributed by atoms with Gasteiger partial charge < -0.3 is 20.5 Å². The normalized spacial score (nSPS) is 15.8. The van der Waals surface area contributed by atoms with Crippen LogP contribution in [0.25, 0.3) is 0 Å². The lowest BCUT2D eigenvalue weighted by molar-refractivity contribution is -0.143. The molecule has 0 aliphatic carbocycles. The van der Waals surface area contributed by atoms with Gasteiger partial charge in [-0.05, 0) is 81.7 Å². The average Bonchev–Trinajstić information content (AvgIpc) is 3.40. The van der Waals surface area contributed by atoms with Crippen molar-refractivity contribution in [1.82, 2.24) is 5.43 Å². The van der Waals surface area contributed by atoms with Crippen LogP contribution in [0.1, 0.15) is 110 Å². The number of halogens is 4. The van der Waals surface area contributed by atoms with Gasteiger partial charge >= 0.3 is 5.97 Å². The lowest BCUT2D eigenvalue weighted by atomic mass is 9.95. The molecule has 276 valence electrons. The van der Waals surface area contributed by atoms with Gasteiger partial charge in [-0.1, -0.05) is 110 Å². The van der Waals surface area contributed by atoms with Crippen molar-refractivity contribution < 1.29 is 19.5 Å². The number of hydrogen-bond acceptors (Lipinski definition) is 6. The summed E-state index contributed by atoms with van der Waals surface area (Å²) in [5.74, 6) is -1.09. The molecule has 2 aromatic rings. The number of aliphatic carboxylic acids is 1.